The van der Waals surface area contributed by atoms with Gasteiger partial charge in [0.2, 0.25) is 5.91 Å². The highest BCUT2D eigenvalue weighted by atomic mass is 35.5. The molecular weight excluding hydrogens is 540 g/mol. The standard InChI is InChI=1S/C22H17Cl2F3N6O2S/c1-11(32-19(34)4-3-15(28-2)12-5-6-29-17(24)7-12)21-31-10-16(36-21)20(35)33-18-8-13(22(25,26)27)14(23)9-30-18/h3-11H,1-2H3,(H,32,34)(H,30,33,35)/b4-3+,28-15?. The van der Waals surface area contributed by atoms with E-state index in [2.05, 4.69) is 30.6 Å². The molecule has 3 aromatic heterocycles. The van der Waals surface area contributed by atoms with Crippen LogP contribution >= 0.6 is 34.5 Å². The Morgan fingerprint density at radius 2 is 1.89 bits per heavy atom. The largest absolute Gasteiger partial charge is 0.418 e. The Morgan fingerprint density at radius 3 is 2.56 bits per heavy atom. The van der Waals surface area contributed by atoms with Crippen LogP contribution in [-0.2, 0) is 11.0 Å². The van der Waals surface area contributed by atoms with E-state index >= 15 is 0 Å². The quantitative estimate of drug-likeness (QED) is 0.231. The van der Waals surface area contributed by atoms with Gasteiger partial charge in [0.05, 0.1) is 28.5 Å². The molecule has 188 valence electrons. The Balaban J connectivity index is 1.63. The number of thiazole rings is 1. The zero-order valence-electron chi connectivity index (χ0n) is 18.6. The third-order valence-corrected chi connectivity index (χ3v) is 6.22. The molecule has 0 saturated heterocycles. The van der Waals surface area contributed by atoms with E-state index in [9.17, 15) is 22.8 Å². The van der Waals surface area contributed by atoms with Crippen LogP contribution in [0.1, 0.15) is 38.8 Å². The fourth-order valence-electron chi connectivity index (χ4n) is 2.83. The Morgan fingerprint density at radius 1 is 1.14 bits per heavy atom. The Bertz CT molecular complexity index is 1340. The summed E-state index contributed by atoms with van der Waals surface area (Å²) in [4.78, 5) is 40.8. The van der Waals surface area contributed by atoms with E-state index in [0.29, 0.717) is 22.3 Å². The number of alkyl halides is 3. The van der Waals surface area contributed by atoms with Crippen LogP contribution in [-0.4, -0.2) is 39.5 Å². The Hall–Kier alpha value is -3.35. The third kappa shape index (κ3) is 7.09. The molecule has 0 aromatic carbocycles. The maximum atomic E-state index is 13.0. The molecule has 0 spiro atoms. The summed E-state index contributed by atoms with van der Waals surface area (Å²) in [6.45, 7) is 1.67. The summed E-state index contributed by atoms with van der Waals surface area (Å²) in [7, 11) is 1.57. The molecular formula is C22H17Cl2F3N6O2S. The van der Waals surface area contributed by atoms with E-state index in [1.165, 1.54) is 24.5 Å². The summed E-state index contributed by atoms with van der Waals surface area (Å²) in [6, 6.07) is 3.40. The molecule has 0 aliphatic rings. The second kappa shape index (κ2) is 11.6. The summed E-state index contributed by atoms with van der Waals surface area (Å²) < 4.78 is 39.1. The lowest BCUT2D eigenvalue weighted by Crippen LogP contribution is -2.24. The number of carbonyl (C=O) groups excluding carboxylic acids is 2. The average molecular weight is 557 g/mol. The topological polar surface area (TPSA) is 109 Å². The number of anilines is 1. The molecule has 3 heterocycles. The maximum Gasteiger partial charge on any atom is 0.418 e. The highest BCUT2D eigenvalue weighted by molar-refractivity contribution is 7.13. The summed E-state index contributed by atoms with van der Waals surface area (Å²) >= 11 is 12.4. The van der Waals surface area contributed by atoms with E-state index in [4.69, 9.17) is 23.2 Å². The first-order valence-electron chi connectivity index (χ1n) is 10.0. The summed E-state index contributed by atoms with van der Waals surface area (Å²) in [5, 5.41) is 5.12. The van der Waals surface area contributed by atoms with Gasteiger partial charge >= 0.3 is 6.18 Å². The number of nitrogens with zero attached hydrogens (tertiary/aromatic N) is 4. The Kier molecular flexibility index (Phi) is 8.77. The van der Waals surface area contributed by atoms with Crippen LogP contribution in [0.3, 0.4) is 0 Å². The lowest BCUT2D eigenvalue weighted by Gasteiger charge is -2.10. The first-order valence-corrected chi connectivity index (χ1v) is 11.6. The molecule has 8 nitrogen and oxygen atoms in total. The number of nitrogens with one attached hydrogen (secondary N) is 2. The van der Waals surface area contributed by atoms with Crippen LogP contribution in [0.4, 0.5) is 19.0 Å². The molecule has 2 N–H and O–H groups in total. The minimum absolute atomic E-state index is 0.113. The van der Waals surface area contributed by atoms with Gasteiger partial charge in [-0.05, 0) is 31.2 Å². The minimum Gasteiger partial charge on any atom is -0.344 e. The summed E-state index contributed by atoms with van der Waals surface area (Å²) in [5.74, 6) is -1.46. The molecule has 0 fully saturated rings. The number of pyridine rings is 2. The molecule has 0 aliphatic carbocycles. The van der Waals surface area contributed by atoms with Crippen LogP contribution < -0.4 is 10.6 Å². The monoisotopic (exact) mass is 556 g/mol. The van der Waals surface area contributed by atoms with Crippen LogP contribution in [0.15, 0.2) is 53.9 Å². The highest BCUT2D eigenvalue weighted by Crippen LogP contribution is 2.35. The number of hydrogen-bond acceptors (Lipinski definition) is 7. The molecule has 14 heteroatoms. The minimum atomic E-state index is -4.70. The lowest BCUT2D eigenvalue weighted by molar-refractivity contribution is -0.137. The van der Waals surface area contributed by atoms with Crippen LogP contribution in [0.5, 0.6) is 0 Å². The van der Waals surface area contributed by atoms with Crippen molar-refractivity contribution in [2.24, 2.45) is 4.99 Å². The van der Waals surface area contributed by atoms with E-state index in [-0.39, 0.29) is 15.8 Å². The predicted octanol–water partition coefficient (Wildman–Crippen LogP) is 5.36. The second-order valence-corrected chi connectivity index (χ2v) is 8.96. The zero-order chi connectivity index (χ0) is 26.5. The number of allylic oxidation sites excluding steroid dienone is 1. The molecule has 36 heavy (non-hydrogen) atoms. The van der Waals surface area contributed by atoms with Crippen molar-refractivity contribution in [2.45, 2.75) is 19.1 Å². The van der Waals surface area contributed by atoms with Crippen molar-refractivity contribution in [1.82, 2.24) is 20.3 Å². The fourth-order valence-corrected chi connectivity index (χ4v) is 4.03. The van der Waals surface area contributed by atoms with Crippen molar-refractivity contribution in [1.29, 1.82) is 0 Å². The van der Waals surface area contributed by atoms with E-state index in [0.717, 1.165) is 17.5 Å². The molecule has 0 bridgehead atoms. The molecule has 1 unspecified atom stereocenters. The van der Waals surface area contributed by atoms with Crippen molar-refractivity contribution in [3.63, 3.8) is 0 Å². The molecule has 2 amide bonds. The highest BCUT2D eigenvalue weighted by Gasteiger charge is 2.34. The van der Waals surface area contributed by atoms with Gasteiger partial charge in [-0.1, -0.05) is 23.2 Å². The van der Waals surface area contributed by atoms with Crippen molar-refractivity contribution in [3.05, 3.63) is 80.1 Å². The molecule has 3 aromatic rings. The van der Waals surface area contributed by atoms with Crippen molar-refractivity contribution < 1.29 is 22.8 Å². The third-order valence-electron chi connectivity index (χ3n) is 4.53. The van der Waals surface area contributed by atoms with E-state index < -0.39 is 34.6 Å². The number of aliphatic imine (C=N–C) groups is 1. The van der Waals surface area contributed by atoms with Crippen molar-refractivity contribution in [2.75, 3.05) is 12.4 Å². The summed E-state index contributed by atoms with van der Waals surface area (Å²) in [6.07, 6.45) is 1.69. The smallest absolute Gasteiger partial charge is 0.344 e. The second-order valence-electron chi connectivity index (χ2n) is 7.10. The van der Waals surface area contributed by atoms with Gasteiger partial charge in [-0.15, -0.1) is 11.3 Å². The number of carbonyl (C=O) groups is 2. The SMILES string of the molecule is CN=C(/C=C/C(=O)NC(C)c1ncc(C(=O)Nc2cc(C(F)(F)F)c(Cl)cn2)s1)c1ccnc(Cl)c1. The van der Waals surface area contributed by atoms with E-state index in [1.54, 1.807) is 26.1 Å². The molecule has 0 aliphatic heterocycles. The molecule has 1 atom stereocenters. The average Bonchev–Trinajstić information content (AvgIpc) is 3.31. The normalized spacial score (nSPS) is 13.0. The van der Waals surface area contributed by atoms with Gasteiger partial charge in [0, 0.05) is 31.1 Å². The van der Waals surface area contributed by atoms with Gasteiger partial charge in [0.25, 0.3) is 5.91 Å². The van der Waals surface area contributed by atoms with Gasteiger partial charge < -0.3 is 10.6 Å². The summed E-state index contributed by atoms with van der Waals surface area (Å²) in [5.41, 5.74) is 0.0784. The predicted molar refractivity (Wildman–Crippen MR) is 132 cm³/mol. The van der Waals surface area contributed by atoms with Gasteiger partial charge in [-0.2, -0.15) is 13.2 Å². The number of aromatic nitrogens is 3. The van der Waals surface area contributed by atoms with Gasteiger partial charge in [-0.25, -0.2) is 15.0 Å². The Labute approximate surface area is 217 Å². The lowest BCUT2D eigenvalue weighted by atomic mass is 10.1. The number of halogens is 5. The van der Waals surface area contributed by atoms with Crippen molar-refractivity contribution in [3.8, 4) is 0 Å². The van der Waals surface area contributed by atoms with Gasteiger partial charge in [0.15, 0.2) is 0 Å². The van der Waals surface area contributed by atoms with Crippen LogP contribution in [0.2, 0.25) is 10.2 Å². The van der Waals surface area contributed by atoms with Gasteiger partial charge in [0.1, 0.15) is 20.9 Å². The van der Waals surface area contributed by atoms with Crippen molar-refractivity contribution >= 4 is 57.9 Å². The van der Waals surface area contributed by atoms with Gasteiger partial charge in [-0.3, -0.25) is 14.6 Å². The number of amides is 2. The van der Waals surface area contributed by atoms with Crippen LogP contribution in [0, 0.1) is 0 Å². The molecule has 0 radical (unpaired) electrons. The van der Waals surface area contributed by atoms with E-state index in [1.807, 2.05) is 0 Å². The first-order chi connectivity index (χ1) is 17.0. The number of hydrogen-bond donors (Lipinski definition) is 2. The maximum absolute atomic E-state index is 13.0. The first kappa shape index (κ1) is 27.2. The molecule has 3 rings (SSSR count). The fraction of sp³-hybridized carbons (Fsp3) is 0.182. The van der Waals surface area contributed by atoms with Crippen LogP contribution in [0.25, 0.3) is 0 Å². The zero-order valence-corrected chi connectivity index (χ0v) is 20.9. The molecule has 0 saturated carbocycles. The number of rotatable bonds is 7.